The summed E-state index contributed by atoms with van der Waals surface area (Å²) in [7, 11) is 0. The molecule has 2 bridgehead atoms. The van der Waals surface area contributed by atoms with E-state index in [0.717, 1.165) is 50.4 Å². The number of hydrogen-bond acceptors (Lipinski definition) is 7. The number of anilines is 2. The molecule has 186 valence electrons. The van der Waals surface area contributed by atoms with E-state index in [4.69, 9.17) is 10.8 Å². The Balaban J connectivity index is 0.000000192. The Morgan fingerprint density at radius 1 is 1.20 bits per heavy atom. The highest BCUT2D eigenvalue weighted by Crippen LogP contribution is 2.44. The number of nitrogens with zero attached hydrogens (tertiary/aromatic N) is 5. The molecule has 10 heteroatoms. The maximum absolute atomic E-state index is 14.4. The molecule has 3 aromatic heterocycles. The highest BCUT2D eigenvalue weighted by molar-refractivity contribution is 5.88. The third-order valence-corrected chi connectivity index (χ3v) is 7.66. The number of aromatic amines is 1. The minimum Gasteiger partial charge on any atom is -0.481 e. The van der Waals surface area contributed by atoms with Gasteiger partial charge in [-0.3, -0.25) is 4.79 Å². The molecule has 1 saturated heterocycles. The molecule has 4 heterocycles. The molecule has 0 amide bonds. The van der Waals surface area contributed by atoms with E-state index in [1.807, 2.05) is 11.8 Å². The van der Waals surface area contributed by atoms with Crippen LogP contribution in [0.5, 0.6) is 0 Å². The first-order chi connectivity index (χ1) is 16.9. The van der Waals surface area contributed by atoms with Gasteiger partial charge in [0.25, 0.3) is 0 Å². The van der Waals surface area contributed by atoms with Crippen molar-refractivity contribution in [3.05, 3.63) is 23.9 Å². The Kier molecular flexibility index (Phi) is 6.53. The Labute approximate surface area is 203 Å². The van der Waals surface area contributed by atoms with E-state index in [0.29, 0.717) is 28.5 Å². The summed E-state index contributed by atoms with van der Waals surface area (Å²) in [5, 5.41) is 8.86. The molecule has 7 rings (SSSR count). The molecule has 4 fully saturated rings. The number of carboxylic acids is 1. The number of aliphatic carboxylic acids is 1. The van der Waals surface area contributed by atoms with Crippen molar-refractivity contribution in [2.24, 2.45) is 17.8 Å². The molecule has 1 unspecified atom stereocenters. The maximum Gasteiger partial charge on any atom is 0.306 e. The van der Waals surface area contributed by atoms with Crippen molar-refractivity contribution >= 4 is 28.8 Å². The van der Waals surface area contributed by atoms with Crippen molar-refractivity contribution in [1.82, 2.24) is 24.9 Å². The molecular formula is C25H32FN7O2. The molecule has 3 saturated carbocycles. The largest absolute Gasteiger partial charge is 0.481 e. The molecule has 1 atom stereocenters. The monoisotopic (exact) mass is 481 g/mol. The second-order valence-corrected chi connectivity index (χ2v) is 9.84. The van der Waals surface area contributed by atoms with Gasteiger partial charge in [0.15, 0.2) is 23.1 Å². The third-order valence-electron chi connectivity index (χ3n) is 7.66. The summed E-state index contributed by atoms with van der Waals surface area (Å²) in [6, 6.07) is 0. The average Bonchev–Trinajstić information content (AvgIpc) is 3.57. The maximum atomic E-state index is 14.4. The number of nitrogens with one attached hydrogen (secondary N) is 1. The fourth-order valence-electron chi connectivity index (χ4n) is 5.66. The van der Waals surface area contributed by atoms with E-state index >= 15 is 0 Å². The number of hydrogen-bond donors (Lipinski definition) is 3. The zero-order chi connectivity index (χ0) is 24.5. The van der Waals surface area contributed by atoms with Crippen LogP contribution >= 0.6 is 0 Å². The van der Waals surface area contributed by atoms with Crippen LogP contribution in [0.15, 0.2) is 12.4 Å². The fourth-order valence-corrected chi connectivity index (χ4v) is 5.66. The van der Waals surface area contributed by atoms with Crippen LogP contribution in [0.3, 0.4) is 0 Å². The summed E-state index contributed by atoms with van der Waals surface area (Å²) >= 11 is 0. The minimum atomic E-state index is -0.556. The third kappa shape index (κ3) is 4.66. The lowest BCUT2D eigenvalue weighted by Crippen LogP contribution is -2.35. The molecule has 35 heavy (non-hydrogen) atoms. The molecule has 0 aromatic carbocycles. The molecule has 1 aliphatic heterocycles. The first kappa shape index (κ1) is 23.4. The van der Waals surface area contributed by atoms with Crippen LogP contribution in [0.4, 0.5) is 16.0 Å². The van der Waals surface area contributed by atoms with Crippen molar-refractivity contribution in [3.63, 3.8) is 0 Å². The molecule has 3 aromatic rings. The van der Waals surface area contributed by atoms with E-state index in [9.17, 15) is 9.18 Å². The lowest BCUT2D eigenvalue weighted by molar-refractivity contribution is -0.147. The zero-order valence-corrected chi connectivity index (χ0v) is 20.0. The number of halogens is 1. The van der Waals surface area contributed by atoms with E-state index in [1.165, 1.54) is 25.7 Å². The number of rotatable bonds is 4. The Morgan fingerprint density at radius 2 is 1.94 bits per heavy atom. The molecule has 4 aliphatic rings. The number of nitrogens with two attached hydrogens (primary N) is 1. The van der Waals surface area contributed by atoms with Crippen LogP contribution in [-0.4, -0.2) is 49.1 Å². The van der Waals surface area contributed by atoms with Crippen LogP contribution in [0.2, 0.25) is 0 Å². The number of carbonyl (C=O) groups is 1. The molecule has 0 radical (unpaired) electrons. The Morgan fingerprint density at radius 3 is 2.54 bits per heavy atom. The predicted octanol–water partition coefficient (Wildman–Crippen LogP) is 4.20. The topological polar surface area (TPSA) is 134 Å². The van der Waals surface area contributed by atoms with Crippen molar-refractivity contribution in [2.45, 2.75) is 58.3 Å². The molecular weight excluding hydrogens is 449 g/mol. The van der Waals surface area contributed by atoms with Crippen LogP contribution in [0.25, 0.3) is 22.6 Å². The predicted molar refractivity (Wildman–Crippen MR) is 131 cm³/mol. The van der Waals surface area contributed by atoms with Gasteiger partial charge in [-0.05, 0) is 50.4 Å². The fraction of sp³-hybridized carbons (Fsp3) is 0.560. The Bertz CT molecular complexity index is 1220. The number of aromatic nitrogens is 5. The van der Waals surface area contributed by atoms with Gasteiger partial charge in [0, 0.05) is 19.3 Å². The zero-order valence-electron chi connectivity index (χ0n) is 20.0. The van der Waals surface area contributed by atoms with E-state index in [-0.39, 0.29) is 17.6 Å². The summed E-state index contributed by atoms with van der Waals surface area (Å²) in [5.41, 5.74) is 8.67. The molecule has 0 spiro atoms. The minimum absolute atomic E-state index is 0.00231. The first-order valence-electron chi connectivity index (χ1n) is 12.6. The van der Waals surface area contributed by atoms with E-state index in [1.54, 1.807) is 12.4 Å². The number of nitrogen functional groups attached to an aromatic ring is 1. The van der Waals surface area contributed by atoms with Gasteiger partial charge < -0.3 is 20.7 Å². The number of carboxylic acid groups (broad SMARTS) is 1. The quantitative estimate of drug-likeness (QED) is 0.505. The van der Waals surface area contributed by atoms with Gasteiger partial charge in [0.05, 0.1) is 23.4 Å². The average molecular weight is 482 g/mol. The normalized spacial score (nSPS) is 23.4. The van der Waals surface area contributed by atoms with E-state index in [2.05, 4.69) is 24.9 Å². The van der Waals surface area contributed by atoms with Gasteiger partial charge in [-0.2, -0.15) is 4.39 Å². The molecule has 4 N–H and O–H groups in total. The van der Waals surface area contributed by atoms with Crippen LogP contribution in [0.1, 0.15) is 57.6 Å². The SMILES string of the molecule is CCc1cnc2[nH]cc(-c3nc(N)c(F)c(N4CCCC4)n3)c2n1.O=C(O)C1CC2CCC1CC2. The summed E-state index contributed by atoms with van der Waals surface area (Å²) in [5.74, 6) is 0.630. The lowest BCUT2D eigenvalue weighted by Gasteiger charge is -2.40. The van der Waals surface area contributed by atoms with Gasteiger partial charge in [-0.15, -0.1) is 0 Å². The highest BCUT2D eigenvalue weighted by atomic mass is 19.1. The van der Waals surface area contributed by atoms with Crippen molar-refractivity contribution in [3.8, 4) is 11.4 Å². The standard InChI is InChI=1S/C16H18FN7.C9H14O2/c1-2-9-7-19-15-12(21-9)10(8-20-15)14-22-13(18)11(17)16(23-14)24-5-3-4-6-24;10-9(11)8-5-6-1-3-7(8)4-2-6/h7-8H,2-6H2,1H3,(H,19,20)(H2,18,22,23);6-8H,1-5H2,(H,10,11). The van der Waals surface area contributed by atoms with Crippen molar-refractivity contribution in [1.29, 1.82) is 0 Å². The summed E-state index contributed by atoms with van der Waals surface area (Å²) in [6.45, 7) is 3.57. The first-order valence-corrected chi connectivity index (χ1v) is 12.6. The lowest BCUT2D eigenvalue weighted by atomic mass is 9.65. The summed E-state index contributed by atoms with van der Waals surface area (Å²) in [4.78, 5) is 33.2. The van der Waals surface area contributed by atoms with Gasteiger partial charge in [-0.25, -0.2) is 19.9 Å². The van der Waals surface area contributed by atoms with Crippen LogP contribution in [-0.2, 0) is 11.2 Å². The second-order valence-electron chi connectivity index (χ2n) is 9.84. The van der Waals surface area contributed by atoms with Crippen LogP contribution < -0.4 is 10.6 Å². The van der Waals surface area contributed by atoms with Gasteiger partial charge in [-0.1, -0.05) is 19.8 Å². The number of H-pyrrole nitrogens is 1. The summed E-state index contributed by atoms with van der Waals surface area (Å²) in [6.07, 6.45) is 12.2. The molecule has 9 nitrogen and oxygen atoms in total. The smallest absolute Gasteiger partial charge is 0.306 e. The van der Waals surface area contributed by atoms with Gasteiger partial charge in [0.2, 0.25) is 5.82 Å². The molecule has 3 aliphatic carbocycles. The highest BCUT2D eigenvalue weighted by Gasteiger charge is 2.39. The van der Waals surface area contributed by atoms with E-state index < -0.39 is 11.8 Å². The number of aryl methyl sites for hydroxylation is 1. The van der Waals surface area contributed by atoms with Crippen molar-refractivity contribution < 1.29 is 14.3 Å². The van der Waals surface area contributed by atoms with Crippen molar-refractivity contribution in [2.75, 3.05) is 23.7 Å². The Hall–Kier alpha value is -3.30. The number of fused-ring (bicyclic) bond motifs is 4. The van der Waals surface area contributed by atoms with Crippen LogP contribution in [0, 0.1) is 23.6 Å². The summed E-state index contributed by atoms with van der Waals surface area (Å²) < 4.78 is 14.4. The van der Waals surface area contributed by atoms with Gasteiger partial charge in [0.1, 0.15) is 5.52 Å². The second kappa shape index (κ2) is 9.75. The van der Waals surface area contributed by atoms with Gasteiger partial charge >= 0.3 is 5.97 Å².